The quantitative estimate of drug-likeness (QED) is 0.871. The molecule has 0 aromatic heterocycles. The van der Waals surface area contributed by atoms with Gasteiger partial charge >= 0.3 is 6.18 Å². The van der Waals surface area contributed by atoms with E-state index in [-0.39, 0.29) is 0 Å². The van der Waals surface area contributed by atoms with Crippen molar-refractivity contribution in [3.63, 3.8) is 0 Å². The molecule has 1 rings (SSSR count). The Bertz CT molecular complexity index is 375. The molecule has 0 aliphatic rings. The largest absolute Gasteiger partial charge is 0.393 e. The van der Waals surface area contributed by atoms with Crippen molar-refractivity contribution in [3.8, 4) is 0 Å². The highest BCUT2D eigenvalue weighted by Crippen LogP contribution is 2.35. The number of carbonyl (C=O) groups excluding carboxylic acids is 1. The summed E-state index contributed by atoms with van der Waals surface area (Å²) in [5.41, 5.74) is 0.451. The molecule has 0 aliphatic heterocycles. The van der Waals surface area contributed by atoms with Crippen LogP contribution in [0.3, 0.4) is 0 Å². The Morgan fingerprint density at radius 2 is 1.76 bits per heavy atom. The first-order valence-electron chi connectivity index (χ1n) is 5.21. The maximum atomic E-state index is 12.7. The van der Waals surface area contributed by atoms with E-state index in [1.807, 2.05) is 0 Å². The molecule has 0 fully saturated rings. The van der Waals surface area contributed by atoms with Crippen molar-refractivity contribution in [2.75, 3.05) is 0 Å². The lowest BCUT2D eigenvalue weighted by Crippen LogP contribution is -2.37. The van der Waals surface area contributed by atoms with Crippen LogP contribution in [0.4, 0.5) is 13.2 Å². The summed E-state index contributed by atoms with van der Waals surface area (Å²) in [7, 11) is 0. The summed E-state index contributed by atoms with van der Waals surface area (Å²) in [6.07, 6.45) is -4.34. The van der Waals surface area contributed by atoms with Crippen molar-refractivity contribution in [1.29, 1.82) is 0 Å². The SMILES string of the molecule is CC(=O)N[C@@H](c1ccccc1)[C@H](C)C(F)(F)F. The standard InChI is InChI=1S/C12H14F3NO/c1-8(12(13,14)15)11(16-9(2)17)10-6-4-3-5-7-10/h3-8,11H,1-2H3,(H,16,17)/t8-,11+/m0/s1. The predicted molar refractivity (Wildman–Crippen MR) is 58.2 cm³/mol. The van der Waals surface area contributed by atoms with Crippen LogP contribution in [-0.2, 0) is 4.79 Å². The molecular formula is C12H14F3NO. The van der Waals surface area contributed by atoms with Gasteiger partial charge in [-0.1, -0.05) is 37.3 Å². The number of carbonyl (C=O) groups is 1. The Morgan fingerprint density at radius 3 is 2.18 bits per heavy atom. The fourth-order valence-corrected chi connectivity index (χ4v) is 1.57. The van der Waals surface area contributed by atoms with Gasteiger partial charge in [-0.25, -0.2) is 0 Å². The normalized spacial score (nSPS) is 15.1. The van der Waals surface area contributed by atoms with Crippen LogP contribution < -0.4 is 5.32 Å². The molecule has 1 aromatic carbocycles. The molecule has 0 spiro atoms. The Balaban J connectivity index is 3.00. The average molecular weight is 245 g/mol. The molecule has 2 nitrogen and oxygen atoms in total. The van der Waals surface area contributed by atoms with E-state index in [4.69, 9.17) is 0 Å². The summed E-state index contributed by atoms with van der Waals surface area (Å²) in [6.45, 7) is 2.27. The van der Waals surface area contributed by atoms with E-state index in [1.165, 1.54) is 6.92 Å². The summed E-state index contributed by atoms with van der Waals surface area (Å²) >= 11 is 0. The van der Waals surface area contributed by atoms with Crippen molar-refractivity contribution < 1.29 is 18.0 Å². The van der Waals surface area contributed by atoms with Gasteiger partial charge < -0.3 is 5.32 Å². The summed E-state index contributed by atoms with van der Waals surface area (Å²) in [5, 5.41) is 2.34. The molecule has 1 amide bonds. The lowest BCUT2D eigenvalue weighted by molar-refractivity contribution is -0.178. The number of benzene rings is 1. The Kier molecular flexibility index (Phi) is 4.15. The van der Waals surface area contributed by atoms with Gasteiger partial charge in [0.25, 0.3) is 0 Å². The zero-order chi connectivity index (χ0) is 13.1. The van der Waals surface area contributed by atoms with E-state index in [0.717, 1.165) is 6.92 Å². The molecule has 0 bridgehead atoms. The van der Waals surface area contributed by atoms with E-state index < -0.39 is 24.0 Å². The van der Waals surface area contributed by atoms with E-state index in [1.54, 1.807) is 30.3 Å². The van der Waals surface area contributed by atoms with Gasteiger partial charge in [-0.15, -0.1) is 0 Å². The van der Waals surface area contributed by atoms with Gasteiger partial charge in [0.05, 0.1) is 12.0 Å². The number of nitrogens with one attached hydrogen (secondary N) is 1. The predicted octanol–water partition coefficient (Wildman–Crippen LogP) is 3.06. The number of halogens is 3. The van der Waals surface area contributed by atoms with Gasteiger partial charge in [0, 0.05) is 6.92 Å². The van der Waals surface area contributed by atoms with Crippen LogP contribution in [0.2, 0.25) is 0 Å². The van der Waals surface area contributed by atoms with Gasteiger partial charge in [-0.3, -0.25) is 4.79 Å². The van der Waals surface area contributed by atoms with Crippen LogP contribution in [0.15, 0.2) is 30.3 Å². The first kappa shape index (κ1) is 13.5. The lowest BCUT2D eigenvalue weighted by atomic mass is 9.94. The summed E-state index contributed by atoms with van der Waals surface area (Å²) < 4.78 is 38.1. The summed E-state index contributed by atoms with van der Waals surface area (Å²) in [6, 6.07) is 7.10. The van der Waals surface area contributed by atoms with Crippen molar-refractivity contribution >= 4 is 5.91 Å². The van der Waals surface area contributed by atoms with Gasteiger partial charge in [-0.05, 0) is 5.56 Å². The molecule has 17 heavy (non-hydrogen) atoms. The first-order chi connectivity index (χ1) is 7.82. The number of amides is 1. The zero-order valence-electron chi connectivity index (χ0n) is 9.58. The monoisotopic (exact) mass is 245 g/mol. The van der Waals surface area contributed by atoms with Crippen LogP contribution in [0.5, 0.6) is 0 Å². The number of hydrogen-bond acceptors (Lipinski definition) is 1. The van der Waals surface area contributed by atoms with Crippen molar-refractivity contribution in [2.24, 2.45) is 5.92 Å². The Morgan fingerprint density at radius 1 is 1.24 bits per heavy atom. The maximum Gasteiger partial charge on any atom is 0.393 e. The molecule has 0 heterocycles. The molecule has 0 saturated heterocycles. The second-order valence-corrected chi connectivity index (χ2v) is 3.92. The van der Waals surface area contributed by atoms with Gasteiger partial charge in [0.1, 0.15) is 0 Å². The third-order valence-corrected chi connectivity index (χ3v) is 2.53. The van der Waals surface area contributed by atoms with Crippen LogP contribution in [0.1, 0.15) is 25.5 Å². The van der Waals surface area contributed by atoms with E-state index in [2.05, 4.69) is 5.32 Å². The van der Waals surface area contributed by atoms with Crippen molar-refractivity contribution in [1.82, 2.24) is 5.32 Å². The summed E-state index contributed by atoms with van der Waals surface area (Å²) in [5.74, 6) is -2.11. The minimum Gasteiger partial charge on any atom is -0.349 e. The van der Waals surface area contributed by atoms with E-state index in [0.29, 0.717) is 5.56 Å². The minimum absolute atomic E-state index is 0.451. The number of rotatable bonds is 3. The molecule has 0 saturated carbocycles. The average Bonchev–Trinajstić information content (AvgIpc) is 2.24. The topological polar surface area (TPSA) is 29.1 Å². The molecule has 5 heteroatoms. The first-order valence-corrected chi connectivity index (χ1v) is 5.21. The third-order valence-electron chi connectivity index (χ3n) is 2.53. The Labute approximate surface area is 97.8 Å². The molecule has 94 valence electrons. The fraction of sp³-hybridized carbons (Fsp3) is 0.417. The van der Waals surface area contributed by atoms with Gasteiger partial charge in [0.15, 0.2) is 0 Å². The summed E-state index contributed by atoms with van der Waals surface area (Å²) in [4.78, 5) is 11.0. The third kappa shape index (κ3) is 3.76. The maximum absolute atomic E-state index is 12.7. The van der Waals surface area contributed by atoms with Gasteiger partial charge in [-0.2, -0.15) is 13.2 Å². The van der Waals surface area contributed by atoms with Crippen LogP contribution >= 0.6 is 0 Å². The second kappa shape index (κ2) is 5.21. The molecule has 1 N–H and O–H groups in total. The lowest BCUT2D eigenvalue weighted by Gasteiger charge is -2.26. The van der Waals surface area contributed by atoms with Crippen molar-refractivity contribution in [3.05, 3.63) is 35.9 Å². The van der Waals surface area contributed by atoms with Crippen LogP contribution in [0.25, 0.3) is 0 Å². The molecule has 2 atom stereocenters. The van der Waals surface area contributed by atoms with Crippen LogP contribution in [-0.4, -0.2) is 12.1 Å². The number of alkyl halides is 3. The molecule has 0 radical (unpaired) electrons. The molecule has 0 aliphatic carbocycles. The van der Waals surface area contributed by atoms with Gasteiger partial charge in [0.2, 0.25) is 5.91 Å². The highest BCUT2D eigenvalue weighted by atomic mass is 19.4. The molecule has 1 aromatic rings. The number of hydrogen-bond donors (Lipinski definition) is 1. The highest BCUT2D eigenvalue weighted by Gasteiger charge is 2.42. The van der Waals surface area contributed by atoms with E-state index in [9.17, 15) is 18.0 Å². The molecular weight excluding hydrogens is 231 g/mol. The minimum atomic E-state index is -4.34. The highest BCUT2D eigenvalue weighted by molar-refractivity contribution is 5.73. The smallest absolute Gasteiger partial charge is 0.349 e. The van der Waals surface area contributed by atoms with Crippen LogP contribution in [0, 0.1) is 5.92 Å². The van der Waals surface area contributed by atoms with E-state index >= 15 is 0 Å². The molecule has 0 unspecified atom stereocenters. The van der Waals surface area contributed by atoms with Crippen molar-refractivity contribution in [2.45, 2.75) is 26.1 Å². The Hall–Kier alpha value is -1.52. The zero-order valence-corrected chi connectivity index (χ0v) is 9.58. The second-order valence-electron chi connectivity index (χ2n) is 3.92. The fourth-order valence-electron chi connectivity index (χ4n) is 1.57.